The Morgan fingerprint density at radius 2 is 1.88 bits per heavy atom. The molecular weight excluding hydrogens is 216 g/mol. The quantitative estimate of drug-likeness (QED) is 0.743. The second-order valence-electron chi connectivity index (χ2n) is 5.16. The zero-order chi connectivity index (χ0) is 12.0. The molecule has 0 aromatic heterocycles. The van der Waals surface area contributed by atoms with Gasteiger partial charge in [0.25, 0.3) is 5.91 Å². The van der Waals surface area contributed by atoms with E-state index >= 15 is 0 Å². The molecule has 1 aromatic carbocycles. The molecule has 0 bridgehead atoms. The number of nitrogens with two attached hydrogens (primary N) is 1. The number of nitrogens with zero attached hydrogens (tertiary/aromatic N) is 1. The van der Waals surface area contributed by atoms with Gasteiger partial charge in [0, 0.05) is 11.3 Å². The fourth-order valence-corrected chi connectivity index (χ4v) is 2.45. The van der Waals surface area contributed by atoms with Crippen molar-refractivity contribution in [3.8, 4) is 0 Å². The number of nitrogen functional groups attached to an aromatic ring is 1. The molecule has 3 rings (SSSR count). The van der Waals surface area contributed by atoms with E-state index in [1.807, 2.05) is 0 Å². The summed E-state index contributed by atoms with van der Waals surface area (Å²) in [6.45, 7) is 0.946. The molecule has 90 valence electrons. The minimum atomic E-state index is -0.608. The SMILES string of the molecule is Nc1ccc(C(=O)N2CC(O)(C3CC3)C2)cc1. The molecule has 2 fully saturated rings. The molecule has 0 atom stereocenters. The van der Waals surface area contributed by atoms with Crippen molar-refractivity contribution in [3.63, 3.8) is 0 Å². The van der Waals surface area contributed by atoms with Crippen LogP contribution in [0.5, 0.6) is 0 Å². The Bertz CT molecular complexity index is 445. The van der Waals surface area contributed by atoms with Crippen LogP contribution in [0, 0.1) is 5.92 Å². The first-order valence-corrected chi connectivity index (χ1v) is 5.96. The monoisotopic (exact) mass is 232 g/mol. The Kier molecular flexibility index (Phi) is 2.16. The van der Waals surface area contributed by atoms with Crippen LogP contribution >= 0.6 is 0 Å². The summed E-state index contributed by atoms with van der Waals surface area (Å²) in [5.74, 6) is 0.397. The molecule has 1 aromatic rings. The van der Waals surface area contributed by atoms with Gasteiger partial charge in [0.1, 0.15) is 5.60 Å². The number of anilines is 1. The summed E-state index contributed by atoms with van der Waals surface area (Å²) < 4.78 is 0. The van der Waals surface area contributed by atoms with Gasteiger partial charge in [0.15, 0.2) is 0 Å². The molecular formula is C13H16N2O2. The molecule has 3 N–H and O–H groups in total. The van der Waals surface area contributed by atoms with Crippen molar-refractivity contribution in [2.24, 2.45) is 5.92 Å². The number of hydrogen-bond acceptors (Lipinski definition) is 3. The Morgan fingerprint density at radius 1 is 1.29 bits per heavy atom. The van der Waals surface area contributed by atoms with Gasteiger partial charge < -0.3 is 15.7 Å². The largest absolute Gasteiger partial charge is 0.399 e. The van der Waals surface area contributed by atoms with Gasteiger partial charge in [0.2, 0.25) is 0 Å². The highest BCUT2D eigenvalue weighted by Gasteiger charge is 2.53. The number of aliphatic hydroxyl groups is 1. The fraction of sp³-hybridized carbons (Fsp3) is 0.462. The molecule has 0 spiro atoms. The third-order valence-electron chi connectivity index (χ3n) is 3.71. The first-order chi connectivity index (χ1) is 8.08. The van der Waals surface area contributed by atoms with Gasteiger partial charge in [-0.3, -0.25) is 4.79 Å². The van der Waals surface area contributed by atoms with Crippen LogP contribution < -0.4 is 5.73 Å². The van der Waals surface area contributed by atoms with E-state index in [1.54, 1.807) is 29.2 Å². The molecule has 0 radical (unpaired) electrons. The van der Waals surface area contributed by atoms with Crippen molar-refractivity contribution in [3.05, 3.63) is 29.8 Å². The van der Waals surface area contributed by atoms with Crippen LogP contribution in [0.4, 0.5) is 5.69 Å². The van der Waals surface area contributed by atoms with Crippen molar-refractivity contribution < 1.29 is 9.90 Å². The summed E-state index contributed by atoms with van der Waals surface area (Å²) in [7, 11) is 0. The molecule has 1 aliphatic heterocycles. The zero-order valence-corrected chi connectivity index (χ0v) is 9.60. The maximum Gasteiger partial charge on any atom is 0.254 e. The van der Waals surface area contributed by atoms with E-state index in [0.717, 1.165) is 12.8 Å². The van der Waals surface area contributed by atoms with Crippen molar-refractivity contribution in [2.75, 3.05) is 18.8 Å². The van der Waals surface area contributed by atoms with Gasteiger partial charge in [-0.25, -0.2) is 0 Å². The molecule has 2 aliphatic rings. The summed E-state index contributed by atoms with van der Waals surface area (Å²) in [6.07, 6.45) is 2.20. The molecule has 1 amide bonds. The summed E-state index contributed by atoms with van der Waals surface area (Å²) in [5.41, 5.74) is 6.26. The van der Waals surface area contributed by atoms with Crippen LogP contribution in [0.2, 0.25) is 0 Å². The summed E-state index contributed by atoms with van der Waals surface area (Å²) >= 11 is 0. The second kappa shape index (κ2) is 3.47. The molecule has 1 saturated carbocycles. The molecule has 0 unspecified atom stereocenters. The average Bonchev–Trinajstić information content (AvgIpc) is 3.09. The number of amides is 1. The van der Waals surface area contributed by atoms with E-state index in [4.69, 9.17) is 5.73 Å². The van der Waals surface area contributed by atoms with Crippen LogP contribution in [0.1, 0.15) is 23.2 Å². The zero-order valence-electron chi connectivity index (χ0n) is 9.60. The normalized spacial score (nSPS) is 22.1. The van der Waals surface area contributed by atoms with Gasteiger partial charge >= 0.3 is 0 Å². The van der Waals surface area contributed by atoms with E-state index in [-0.39, 0.29) is 5.91 Å². The third-order valence-corrected chi connectivity index (χ3v) is 3.71. The van der Waals surface area contributed by atoms with Gasteiger partial charge in [-0.2, -0.15) is 0 Å². The molecule has 4 heteroatoms. The minimum absolute atomic E-state index is 0.0182. The van der Waals surface area contributed by atoms with Crippen molar-refractivity contribution >= 4 is 11.6 Å². The van der Waals surface area contributed by atoms with Crippen LogP contribution in [0.3, 0.4) is 0 Å². The number of likely N-dealkylation sites (tertiary alicyclic amines) is 1. The lowest BCUT2D eigenvalue weighted by molar-refractivity contribution is -0.0958. The predicted octanol–water partition coefficient (Wildman–Crippen LogP) is 0.866. The van der Waals surface area contributed by atoms with E-state index < -0.39 is 5.60 Å². The summed E-state index contributed by atoms with van der Waals surface area (Å²) in [5, 5.41) is 10.1. The van der Waals surface area contributed by atoms with Crippen LogP contribution in [-0.2, 0) is 0 Å². The third kappa shape index (κ3) is 1.78. The molecule has 1 aliphatic carbocycles. The smallest absolute Gasteiger partial charge is 0.254 e. The molecule has 17 heavy (non-hydrogen) atoms. The Labute approximate surface area is 100 Å². The molecule has 4 nitrogen and oxygen atoms in total. The topological polar surface area (TPSA) is 66.6 Å². The van der Waals surface area contributed by atoms with Gasteiger partial charge in [0.05, 0.1) is 13.1 Å². The van der Waals surface area contributed by atoms with Gasteiger partial charge in [-0.1, -0.05) is 0 Å². The fourth-order valence-electron chi connectivity index (χ4n) is 2.45. The first-order valence-electron chi connectivity index (χ1n) is 5.96. The second-order valence-corrected chi connectivity index (χ2v) is 5.16. The number of hydrogen-bond donors (Lipinski definition) is 2. The van der Waals surface area contributed by atoms with Crippen molar-refractivity contribution in [1.82, 2.24) is 4.90 Å². The highest BCUT2D eigenvalue weighted by atomic mass is 16.3. The maximum atomic E-state index is 12.0. The predicted molar refractivity (Wildman–Crippen MR) is 64.4 cm³/mol. The van der Waals surface area contributed by atoms with E-state index in [0.29, 0.717) is 30.3 Å². The van der Waals surface area contributed by atoms with Crippen LogP contribution in [-0.4, -0.2) is 34.6 Å². The van der Waals surface area contributed by atoms with Crippen molar-refractivity contribution in [1.29, 1.82) is 0 Å². The standard InChI is InChI=1S/C13H16N2O2/c14-11-5-1-9(2-6-11)12(16)15-7-13(17,8-15)10-3-4-10/h1-2,5-6,10,17H,3-4,7-8,14H2. The first kappa shape index (κ1) is 10.6. The highest BCUT2D eigenvalue weighted by molar-refractivity contribution is 5.95. The lowest BCUT2D eigenvalue weighted by atomic mass is 9.88. The summed E-state index contributed by atoms with van der Waals surface area (Å²) in [4.78, 5) is 13.7. The average molecular weight is 232 g/mol. The number of carbonyl (C=O) groups excluding carboxylic acids is 1. The summed E-state index contributed by atoms with van der Waals surface area (Å²) in [6, 6.07) is 6.90. The Hall–Kier alpha value is -1.55. The van der Waals surface area contributed by atoms with Gasteiger partial charge in [-0.15, -0.1) is 0 Å². The van der Waals surface area contributed by atoms with Crippen LogP contribution in [0.25, 0.3) is 0 Å². The van der Waals surface area contributed by atoms with Crippen molar-refractivity contribution in [2.45, 2.75) is 18.4 Å². The van der Waals surface area contributed by atoms with E-state index in [1.165, 1.54) is 0 Å². The van der Waals surface area contributed by atoms with Gasteiger partial charge in [-0.05, 0) is 43.0 Å². The highest BCUT2D eigenvalue weighted by Crippen LogP contribution is 2.44. The molecule has 1 saturated heterocycles. The lowest BCUT2D eigenvalue weighted by Crippen LogP contribution is -2.64. The minimum Gasteiger partial charge on any atom is -0.399 e. The number of rotatable bonds is 2. The van der Waals surface area contributed by atoms with E-state index in [2.05, 4.69) is 0 Å². The van der Waals surface area contributed by atoms with Crippen LogP contribution in [0.15, 0.2) is 24.3 Å². The Balaban J connectivity index is 1.66. The maximum absolute atomic E-state index is 12.0. The lowest BCUT2D eigenvalue weighted by Gasteiger charge is -2.47. The Morgan fingerprint density at radius 3 is 2.41 bits per heavy atom. The van der Waals surface area contributed by atoms with E-state index in [9.17, 15) is 9.90 Å². The number of β-amino-alcohol motifs (C(OH)–C–C–N with tert-alkyl or cyclic N) is 1. The number of benzene rings is 1. The molecule has 1 heterocycles. The number of carbonyl (C=O) groups is 1.